The lowest BCUT2D eigenvalue weighted by molar-refractivity contribution is -0.148. The van der Waals surface area contributed by atoms with Gasteiger partial charge in [-0.05, 0) is 97.7 Å². The van der Waals surface area contributed by atoms with Gasteiger partial charge in [-0.3, -0.25) is 4.79 Å². The maximum Gasteiger partial charge on any atom is 0.302 e. The third-order valence-electron chi connectivity index (χ3n) is 10.8. The van der Waals surface area contributed by atoms with E-state index in [1.807, 2.05) is 0 Å². The molecule has 3 heteroatoms. The van der Waals surface area contributed by atoms with Crippen molar-refractivity contribution in [1.82, 2.24) is 0 Å². The van der Waals surface area contributed by atoms with Crippen LogP contribution in [0, 0.1) is 46.3 Å². The SMILES string of the molecule is CC(=O)O[C@H]1CC[C@@]2(C)C(=CC[C@H]3[C@@H]4CC[C@H]([C@H](C)CCCC(C)CBr)[C@@]4(C)CC[C@@H]32)C1. The van der Waals surface area contributed by atoms with Gasteiger partial charge in [-0.15, -0.1) is 0 Å². The first kappa shape index (κ1) is 24.8. The number of carbonyl (C=O) groups is 1. The van der Waals surface area contributed by atoms with Crippen molar-refractivity contribution in [3.05, 3.63) is 11.6 Å². The molecule has 0 aromatic carbocycles. The van der Waals surface area contributed by atoms with Gasteiger partial charge in [0.25, 0.3) is 0 Å². The molecule has 0 spiro atoms. The molecule has 0 aromatic heterocycles. The molecule has 1 unspecified atom stereocenters. The van der Waals surface area contributed by atoms with Gasteiger partial charge in [-0.1, -0.05) is 68.1 Å². The largest absolute Gasteiger partial charge is 0.462 e. The van der Waals surface area contributed by atoms with E-state index >= 15 is 0 Å². The maximum atomic E-state index is 11.5. The molecule has 0 aromatic rings. The van der Waals surface area contributed by atoms with Crippen molar-refractivity contribution >= 4 is 21.9 Å². The minimum absolute atomic E-state index is 0.112. The maximum absolute atomic E-state index is 11.5. The Morgan fingerprint density at radius 2 is 1.91 bits per heavy atom. The van der Waals surface area contributed by atoms with Crippen LogP contribution in [0.1, 0.15) is 105 Å². The number of allylic oxidation sites excluding steroid dienone is 1. The van der Waals surface area contributed by atoms with Crippen LogP contribution in [0.25, 0.3) is 0 Å². The average molecular weight is 508 g/mol. The van der Waals surface area contributed by atoms with Crippen LogP contribution in [0.5, 0.6) is 0 Å². The van der Waals surface area contributed by atoms with Crippen molar-refractivity contribution < 1.29 is 9.53 Å². The molecule has 0 saturated heterocycles. The number of carbonyl (C=O) groups excluding carboxylic acids is 1. The second-order valence-electron chi connectivity index (χ2n) is 12.6. The highest BCUT2D eigenvalue weighted by Crippen LogP contribution is 2.67. The van der Waals surface area contributed by atoms with Crippen LogP contribution in [-0.2, 0) is 9.53 Å². The van der Waals surface area contributed by atoms with Crippen LogP contribution in [0.2, 0.25) is 0 Å². The second kappa shape index (κ2) is 9.74. The lowest BCUT2D eigenvalue weighted by Crippen LogP contribution is -2.51. The topological polar surface area (TPSA) is 26.3 Å². The predicted octanol–water partition coefficient (Wildman–Crippen LogP) is 8.33. The van der Waals surface area contributed by atoms with Gasteiger partial charge in [0.1, 0.15) is 6.10 Å². The van der Waals surface area contributed by atoms with E-state index in [1.54, 1.807) is 12.5 Å². The van der Waals surface area contributed by atoms with Gasteiger partial charge in [0.15, 0.2) is 0 Å². The summed E-state index contributed by atoms with van der Waals surface area (Å²) in [6, 6.07) is 0. The van der Waals surface area contributed by atoms with Gasteiger partial charge in [0, 0.05) is 18.7 Å². The summed E-state index contributed by atoms with van der Waals surface area (Å²) in [4.78, 5) is 11.5. The predicted molar refractivity (Wildman–Crippen MR) is 137 cm³/mol. The molecular formula is C29H47BrO2. The summed E-state index contributed by atoms with van der Waals surface area (Å²) in [5.74, 6) is 5.11. The molecule has 3 saturated carbocycles. The summed E-state index contributed by atoms with van der Waals surface area (Å²) < 4.78 is 5.62. The van der Waals surface area contributed by atoms with Crippen molar-refractivity contribution in [2.45, 2.75) is 111 Å². The van der Waals surface area contributed by atoms with E-state index in [-0.39, 0.29) is 12.1 Å². The average Bonchev–Trinajstić information content (AvgIpc) is 3.10. The highest BCUT2D eigenvalue weighted by atomic mass is 79.9. The Balaban J connectivity index is 1.44. The molecule has 2 nitrogen and oxygen atoms in total. The first-order chi connectivity index (χ1) is 15.2. The van der Waals surface area contributed by atoms with Crippen LogP contribution < -0.4 is 0 Å². The second-order valence-corrected chi connectivity index (χ2v) is 13.3. The van der Waals surface area contributed by atoms with Crippen molar-refractivity contribution in [3.8, 4) is 0 Å². The van der Waals surface area contributed by atoms with E-state index in [4.69, 9.17) is 4.74 Å². The normalized spacial score (nSPS) is 42.8. The number of esters is 1. The van der Waals surface area contributed by atoms with Gasteiger partial charge < -0.3 is 4.74 Å². The van der Waals surface area contributed by atoms with Crippen LogP contribution >= 0.6 is 15.9 Å². The van der Waals surface area contributed by atoms with Crippen LogP contribution in [0.15, 0.2) is 11.6 Å². The van der Waals surface area contributed by atoms with Gasteiger partial charge in [0.05, 0.1) is 0 Å². The standard InChI is InChI=1S/C29H47BrO2/c1-19(18-30)7-6-8-20(2)25-11-12-26-24-10-9-22-17-23(32-21(3)31)13-15-28(22,4)27(24)14-16-29(25,26)5/h9,19-20,23-27H,6-8,10-18H2,1-5H3/t19?,20-,23+,24+,25-,26+,27+,28+,29-/m1/s1. The lowest BCUT2D eigenvalue weighted by atomic mass is 9.47. The molecule has 0 aliphatic heterocycles. The van der Waals surface area contributed by atoms with E-state index in [0.717, 1.165) is 53.7 Å². The molecular weight excluding hydrogens is 460 g/mol. The summed E-state index contributed by atoms with van der Waals surface area (Å²) in [6.45, 7) is 11.7. The molecule has 0 amide bonds. The van der Waals surface area contributed by atoms with Gasteiger partial charge in [-0.2, -0.15) is 0 Å². The summed E-state index contributed by atoms with van der Waals surface area (Å²) in [5.41, 5.74) is 2.51. The minimum Gasteiger partial charge on any atom is -0.462 e. The monoisotopic (exact) mass is 506 g/mol. The molecule has 9 atom stereocenters. The molecule has 4 aliphatic carbocycles. The fraction of sp³-hybridized carbons (Fsp3) is 0.897. The van der Waals surface area contributed by atoms with E-state index in [2.05, 4.69) is 49.7 Å². The van der Waals surface area contributed by atoms with Crippen LogP contribution in [0.3, 0.4) is 0 Å². The third-order valence-corrected chi connectivity index (χ3v) is 11.9. The Kier molecular flexibility index (Phi) is 7.55. The quantitative estimate of drug-likeness (QED) is 0.197. The molecule has 3 fully saturated rings. The first-order valence-corrected chi connectivity index (χ1v) is 14.7. The van der Waals surface area contributed by atoms with Crippen LogP contribution in [-0.4, -0.2) is 17.4 Å². The fourth-order valence-corrected chi connectivity index (χ4v) is 9.33. The zero-order valence-corrected chi connectivity index (χ0v) is 22.9. The van der Waals surface area contributed by atoms with Crippen molar-refractivity contribution in [2.75, 3.05) is 5.33 Å². The molecule has 0 N–H and O–H groups in total. The van der Waals surface area contributed by atoms with E-state index < -0.39 is 0 Å². The molecule has 0 heterocycles. The number of hydrogen-bond donors (Lipinski definition) is 0. The Hall–Kier alpha value is -0.310. The fourth-order valence-electron chi connectivity index (χ4n) is 9.00. The number of halogens is 1. The zero-order chi connectivity index (χ0) is 23.1. The summed E-state index contributed by atoms with van der Waals surface area (Å²) in [5, 5.41) is 1.14. The van der Waals surface area contributed by atoms with Crippen molar-refractivity contribution in [3.63, 3.8) is 0 Å². The van der Waals surface area contributed by atoms with Crippen LogP contribution in [0.4, 0.5) is 0 Å². The number of fused-ring (bicyclic) bond motifs is 5. The van der Waals surface area contributed by atoms with Gasteiger partial charge in [0.2, 0.25) is 0 Å². The summed E-state index contributed by atoms with van der Waals surface area (Å²) in [7, 11) is 0. The Bertz CT molecular complexity index is 716. The lowest BCUT2D eigenvalue weighted by Gasteiger charge is -2.58. The summed E-state index contributed by atoms with van der Waals surface area (Å²) in [6.07, 6.45) is 17.1. The Morgan fingerprint density at radius 1 is 1.12 bits per heavy atom. The zero-order valence-electron chi connectivity index (χ0n) is 21.3. The molecule has 32 heavy (non-hydrogen) atoms. The Morgan fingerprint density at radius 3 is 2.62 bits per heavy atom. The number of hydrogen-bond acceptors (Lipinski definition) is 2. The van der Waals surface area contributed by atoms with E-state index in [0.29, 0.717) is 10.8 Å². The van der Waals surface area contributed by atoms with E-state index in [9.17, 15) is 4.79 Å². The van der Waals surface area contributed by atoms with Crippen molar-refractivity contribution in [2.24, 2.45) is 46.3 Å². The number of rotatable bonds is 7. The van der Waals surface area contributed by atoms with Gasteiger partial charge in [-0.25, -0.2) is 0 Å². The molecule has 182 valence electrons. The van der Waals surface area contributed by atoms with E-state index in [1.165, 1.54) is 57.8 Å². The summed E-state index contributed by atoms with van der Waals surface area (Å²) >= 11 is 3.65. The minimum atomic E-state index is -0.117. The molecule has 4 rings (SSSR count). The van der Waals surface area contributed by atoms with Crippen molar-refractivity contribution in [1.29, 1.82) is 0 Å². The van der Waals surface area contributed by atoms with Gasteiger partial charge >= 0.3 is 5.97 Å². The Labute approximate surface area is 205 Å². The molecule has 0 bridgehead atoms. The first-order valence-electron chi connectivity index (χ1n) is 13.6. The highest BCUT2D eigenvalue weighted by Gasteiger charge is 2.59. The number of alkyl halides is 1. The third kappa shape index (κ3) is 4.50. The number of ether oxygens (including phenoxy) is 1. The highest BCUT2D eigenvalue weighted by molar-refractivity contribution is 9.09. The smallest absolute Gasteiger partial charge is 0.302 e. The molecule has 4 aliphatic rings. The molecule has 0 radical (unpaired) electrons.